The fraction of sp³-hybridized carbons (Fsp3) is 0.538. The average molecular weight is 283 g/mol. The molecule has 0 bridgehead atoms. The average Bonchev–Trinajstić information content (AvgIpc) is 2.39. The van der Waals surface area contributed by atoms with Gasteiger partial charge in [-0.15, -0.1) is 0 Å². The van der Waals surface area contributed by atoms with Gasteiger partial charge in [0.05, 0.1) is 0 Å². The molecule has 0 N–H and O–H groups in total. The summed E-state index contributed by atoms with van der Waals surface area (Å²) in [5.74, 6) is 0. The van der Waals surface area contributed by atoms with E-state index < -0.39 is 10.2 Å². The summed E-state index contributed by atoms with van der Waals surface area (Å²) in [5.41, 5.74) is 1.15. The molecule has 1 aromatic carbocycles. The van der Waals surface area contributed by atoms with Gasteiger partial charge in [-0.05, 0) is 19.1 Å². The van der Waals surface area contributed by atoms with Crippen molar-refractivity contribution in [1.29, 1.82) is 0 Å². The van der Waals surface area contributed by atoms with E-state index in [-0.39, 0.29) is 6.04 Å². The van der Waals surface area contributed by atoms with Gasteiger partial charge in [0.1, 0.15) is 0 Å². The highest BCUT2D eigenvalue weighted by Crippen LogP contribution is 2.21. The van der Waals surface area contributed by atoms with Crippen molar-refractivity contribution in [3.05, 3.63) is 30.3 Å². The van der Waals surface area contributed by atoms with Gasteiger partial charge in [-0.2, -0.15) is 17.0 Å². The molecule has 1 atom stereocenters. The summed E-state index contributed by atoms with van der Waals surface area (Å²) in [6.07, 6.45) is 0. The first kappa shape index (κ1) is 14.3. The van der Waals surface area contributed by atoms with Crippen LogP contribution in [0.4, 0.5) is 5.69 Å². The summed E-state index contributed by atoms with van der Waals surface area (Å²) >= 11 is 0. The zero-order valence-electron chi connectivity index (χ0n) is 11.7. The SMILES string of the molecule is CC1CN(c2ccccc2)CCN1S(=O)(=O)N(C)C. The van der Waals surface area contributed by atoms with E-state index in [9.17, 15) is 8.42 Å². The summed E-state index contributed by atoms with van der Waals surface area (Å²) in [4.78, 5) is 2.23. The van der Waals surface area contributed by atoms with Crippen molar-refractivity contribution in [1.82, 2.24) is 8.61 Å². The number of nitrogens with zero attached hydrogens (tertiary/aromatic N) is 3. The first-order valence-electron chi connectivity index (χ1n) is 6.42. The molecule has 1 aliphatic heterocycles. The topological polar surface area (TPSA) is 43.9 Å². The van der Waals surface area contributed by atoms with Crippen molar-refractivity contribution in [2.24, 2.45) is 0 Å². The van der Waals surface area contributed by atoms with Crippen molar-refractivity contribution in [3.8, 4) is 0 Å². The lowest BCUT2D eigenvalue weighted by Gasteiger charge is -2.40. The molecule has 0 amide bonds. The fourth-order valence-electron chi connectivity index (χ4n) is 2.37. The fourth-order valence-corrected chi connectivity index (χ4v) is 3.62. The maximum absolute atomic E-state index is 12.2. The standard InChI is InChI=1S/C13H21N3O2S/c1-12-11-15(13-7-5-4-6-8-13)9-10-16(12)19(17,18)14(2)3/h4-8,12H,9-11H2,1-3H3. The Morgan fingerprint density at radius 3 is 2.32 bits per heavy atom. The van der Waals surface area contributed by atoms with Crippen LogP contribution in [0.15, 0.2) is 30.3 Å². The number of piperazine rings is 1. The molecular weight excluding hydrogens is 262 g/mol. The van der Waals surface area contributed by atoms with Crippen LogP contribution in [0.5, 0.6) is 0 Å². The lowest BCUT2D eigenvalue weighted by atomic mass is 10.2. The normalized spacial score (nSPS) is 21.9. The third kappa shape index (κ3) is 2.91. The molecular formula is C13H21N3O2S. The van der Waals surface area contributed by atoms with Gasteiger partial charge in [0.25, 0.3) is 10.2 Å². The number of rotatable bonds is 3. The lowest BCUT2D eigenvalue weighted by Crippen LogP contribution is -2.56. The van der Waals surface area contributed by atoms with Crippen LogP contribution in [0.1, 0.15) is 6.92 Å². The van der Waals surface area contributed by atoms with Crippen molar-refractivity contribution in [3.63, 3.8) is 0 Å². The highest BCUT2D eigenvalue weighted by Gasteiger charge is 2.33. The highest BCUT2D eigenvalue weighted by molar-refractivity contribution is 7.86. The van der Waals surface area contributed by atoms with E-state index >= 15 is 0 Å². The molecule has 0 saturated carbocycles. The van der Waals surface area contributed by atoms with Crippen LogP contribution in [-0.2, 0) is 10.2 Å². The minimum absolute atomic E-state index is 0.0265. The molecule has 2 rings (SSSR count). The van der Waals surface area contributed by atoms with E-state index in [0.717, 1.165) is 18.8 Å². The number of hydrogen-bond acceptors (Lipinski definition) is 3. The summed E-state index contributed by atoms with van der Waals surface area (Å²) in [6.45, 7) is 3.92. The van der Waals surface area contributed by atoms with Gasteiger partial charge in [-0.1, -0.05) is 18.2 Å². The summed E-state index contributed by atoms with van der Waals surface area (Å²) in [6, 6.07) is 10.1. The monoisotopic (exact) mass is 283 g/mol. The molecule has 1 aliphatic rings. The van der Waals surface area contributed by atoms with Crippen LogP contribution in [-0.4, -0.2) is 56.8 Å². The number of hydrogen-bond donors (Lipinski definition) is 0. The lowest BCUT2D eigenvalue weighted by molar-refractivity contribution is 0.288. The van der Waals surface area contributed by atoms with Crippen LogP contribution in [0.25, 0.3) is 0 Å². The maximum Gasteiger partial charge on any atom is 0.281 e. The zero-order valence-corrected chi connectivity index (χ0v) is 12.5. The summed E-state index contributed by atoms with van der Waals surface area (Å²) in [5, 5.41) is 0. The molecule has 1 heterocycles. The van der Waals surface area contributed by atoms with E-state index in [1.807, 2.05) is 25.1 Å². The van der Waals surface area contributed by atoms with Gasteiger partial charge >= 0.3 is 0 Å². The van der Waals surface area contributed by atoms with Gasteiger partial charge < -0.3 is 4.90 Å². The third-order valence-electron chi connectivity index (χ3n) is 3.45. The largest absolute Gasteiger partial charge is 0.369 e. The van der Waals surface area contributed by atoms with Crippen molar-refractivity contribution in [2.75, 3.05) is 38.6 Å². The molecule has 0 radical (unpaired) electrons. The van der Waals surface area contributed by atoms with E-state index in [0.29, 0.717) is 6.54 Å². The van der Waals surface area contributed by atoms with Gasteiger partial charge in [0, 0.05) is 45.5 Å². The molecule has 106 valence electrons. The maximum atomic E-state index is 12.2. The molecule has 0 aromatic heterocycles. The predicted octanol–water partition coefficient (Wildman–Crippen LogP) is 1.00. The van der Waals surface area contributed by atoms with Crippen LogP contribution < -0.4 is 4.90 Å². The van der Waals surface area contributed by atoms with Crippen LogP contribution in [0.2, 0.25) is 0 Å². The van der Waals surface area contributed by atoms with Crippen molar-refractivity contribution in [2.45, 2.75) is 13.0 Å². The second kappa shape index (κ2) is 5.48. The Bertz CT molecular complexity index is 516. The second-order valence-corrected chi connectivity index (χ2v) is 7.13. The molecule has 5 nitrogen and oxygen atoms in total. The molecule has 19 heavy (non-hydrogen) atoms. The minimum atomic E-state index is -3.31. The van der Waals surface area contributed by atoms with Crippen LogP contribution >= 0.6 is 0 Å². The Balaban J connectivity index is 2.11. The molecule has 6 heteroatoms. The van der Waals surface area contributed by atoms with Gasteiger partial charge in [-0.3, -0.25) is 0 Å². The molecule has 0 aliphatic carbocycles. The molecule has 1 fully saturated rings. The molecule has 1 unspecified atom stereocenters. The second-order valence-electron chi connectivity index (χ2n) is 5.03. The highest BCUT2D eigenvalue weighted by atomic mass is 32.2. The Morgan fingerprint density at radius 1 is 1.16 bits per heavy atom. The Labute approximate surface area is 115 Å². The smallest absolute Gasteiger partial charge is 0.281 e. The number of benzene rings is 1. The van der Waals surface area contributed by atoms with Crippen molar-refractivity contribution >= 4 is 15.9 Å². The summed E-state index contributed by atoms with van der Waals surface area (Å²) < 4.78 is 27.2. The molecule has 1 saturated heterocycles. The van der Waals surface area contributed by atoms with Crippen molar-refractivity contribution < 1.29 is 8.42 Å². The Kier molecular flexibility index (Phi) is 4.13. The summed E-state index contributed by atoms with van der Waals surface area (Å²) in [7, 11) is -0.165. The molecule has 0 spiro atoms. The molecule has 1 aromatic rings. The van der Waals surface area contributed by atoms with E-state index in [1.165, 1.54) is 4.31 Å². The minimum Gasteiger partial charge on any atom is -0.369 e. The Hall–Kier alpha value is -1.11. The van der Waals surface area contributed by atoms with Gasteiger partial charge in [0.15, 0.2) is 0 Å². The number of anilines is 1. The van der Waals surface area contributed by atoms with Gasteiger partial charge in [0.2, 0.25) is 0 Å². The van der Waals surface area contributed by atoms with Crippen LogP contribution in [0.3, 0.4) is 0 Å². The number of para-hydroxylation sites is 1. The third-order valence-corrected chi connectivity index (χ3v) is 5.50. The van der Waals surface area contributed by atoms with Gasteiger partial charge in [-0.25, -0.2) is 0 Å². The van der Waals surface area contributed by atoms with E-state index in [2.05, 4.69) is 17.0 Å². The first-order valence-corrected chi connectivity index (χ1v) is 7.82. The van der Waals surface area contributed by atoms with E-state index in [4.69, 9.17) is 0 Å². The first-order chi connectivity index (χ1) is 8.93. The quantitative estimate of drug-likeness (QED) is 0.831. The van der Waals surface area contributed by atoms with Crippen LogP contribution in [0, 0.1) is 0 Å². The predicted molar refractivity (Wildman–Crippen MR) is 77.4 cm³/mol. The van der Waals surface area contributed by atoms with E-state index in [1.54, 1.807) is 18.4 Å². The zero-order chi connectivity index (χ0) is 14.0. The Morgan fingerprint density at radius 2 is 1.79 bits per heavy atom.